The average molecular weight is 262 g/mol. The third-order valence-electron chi connectivity index (χ3n) is 3.72. The third kappa shape index (κ3) is 2.41. The summed E-state index contributed by atoms with van der Waals surface area (Å²) in [5.74, 6) is 0.189. The lowest BCUT2D eigenvalue weighted by Gasteiger charge is -2.39. The Morgan fingerprint density at radius 2 is 1.94 bits per heavy atom. The van der Waals surface area contributed by atoms with E-state index >= 15 is 0 Å². The van der Waals surface area contributed by atoms with E-state index in [4.69, 9.17) is 18.9 Å². The van der Waals surface area contributed by atoms with E-state index in [9.17, 15) is 10.2 Å². The molecule has 7 atom stereocenters. The molecule has 2 N–H and O–H groups in total. The summed E-state index contributed by atoms with van der Waals surface area (Å²) in [5, 5.41) is 19.4. The van der Waals surface area contributed by atoms with Crippen LogP contribution in [-0.2, 0) is 18.9 Å². The predicted molar refractivity (Wildman–Crippen MR) is 61.8 cm³/mol. The van der Waals surface area contributed by atoms with Crippen LogP contribution in [0.15, 0.2) is 0 Å². The molecule has 2 heterocycles. The fourth-order valence-corrected chi connectivity index (χ4v) is 2.36. The van der Waals surface area contributed by atoms with Gasteiger partial charge in [0.05, 0.1) is 6.61 Å². The number of fused-ring (bicyclic) bond motifs is 1. The Morgan fingerprint density at radius 1 is 1.22 bits per heavy atom. The number of rotatable bonds is 4. The molecule has 2 saturated heterocycles. The van der Waals surface area contributed by atoms with Crippen molar-refractivity contribution in [3.8, 4) is 0 Å². The van der Waals surface area contributed by atoms with Crippen molar-refractivity contribution in [2.75, 3.05) is 13.7 Å². The SMILES string of the molecule is CCC(C)C1OC(CO)C2OC(OC)C(O)C2O1. The lowest BCUT2D eigenvalue weighted by molar-refractivity contribution is -0.300. The standard InChI is InChI=1S/C12H22O6/c1-4-6(2)11-16-7(5-13)9-10(18-11)8(14)12(15-3)17-9/h6-14H,4-5H2,1-3H3. The molecule has 7 unspecified atom stereocenters. The van der Waals surface area contributed by atoms with Crippen LogP contribution in [0.2, 0.25) is 0 Å². The largest absolute Gasteiger partial charge is 0.394 e. The number of aliphatic hydroxyl groups excluding tert-OH is 2. The van der Waals surface area contributed by atoms with Crippen LogP contribution in [-0.4, -0.2) is 60.9 Å². The summed E-state index contributed by atoms with van der Waals surface area (Å²) >= 11 is 0. The van der Waals surface area contributed by atoms with Crippen LogP contribution in [0.5, 0.6) is 0 Å². The van der Waals surface area contributed by atoms with Crippen molar-refractivity contribution in [1.82, 2.24) is 0 Å². The molecule has 2 aliphatic rings. The molecule has 18 heavy (non-hydrogen) atoms. The molecule has 6 nitrogen and oxygen atoms in total. The topological polar surface area (TPSA) is 77.4 Å². The molecule has 0 aliphatic carbocycles. The lowest BCUT2D eigenvalue weighted by Crippen LogP contribution is -2.53. The molecule has 0 spiro atoms. The Kier molecular flexibility index (Phi) is 4.58. The first kappa shape index (κ1) is 14.2. The van der Waals surface area contributed by atoms with Crippen molar-refractivity contribution < 1.29 is 29.2 Å². The van der Waals surface area contributed by atoms with Crippen molar-refractivity contribution in [1.29, 1.82) is 0 Å². The first-order valence-corrected chi connectivity index (χ1v) is 6.40. The third-order valence-corrected chi connectivity index (χ3v) is 3.72. The van der Waals surface area contributed by atoms with Crippen LogP contribution in [0.3, 0.4) is 0 Å². The molecule has 0 amide bonds. The number of methoxy groups -OCH3 is 1. The van der Waals surface area contributed by atoms with Crippen molar-refractivity contribution in [3.05, 3.63) is 0 Å². The van der Waals surface area contributed by atoms with E-state index in [0.29, 0.717) is 0 Å². The molecule has 2 fully saturated rings. The summed E-state index contributed by atoms with van der Waals surface area (Å²) in [6.07, 6.45) is -2.61. The zero-order chi connectivity index (χ0) is 13.3. The van der Waals surface area contributed by atoms with Crippen molar-refractivity contribution in [2.45, 2.75) is 57.3 Å². The second kappa shape index (κ2) is 5.81. The van der Waals surface area contributed by atoms with E-state index in [1.165, 1.54) is 7.11 Å². The molecule has 6 heteroatoms. The van der Waals surface area contributed by atoms with Crippen LogP contribution in [0.1, 0.15) is 20.3 Å². The maximum absolute atomic E-state index is 10.1. The minimum absolute atomic E-state index is 0.166. The second-order valence-corrected chi connectivity index (χ2v) is 4.91. The van der Waals surface area contributed by atoms with E-state index in [1.54, 1.807) is 0 Å². The van der Waals surface area contributed by atoms with Gasteiger partial charge in [0.25, 0.3) is 0 Å². The first-order valence-electron chi connectivity index (χ1n) is 6.40. The fraction of sp³-hybridized carbons (Fsp3) is 1.00. The highest BCUT2D eigenvalue weighted by atomic mass is 16.8. The summed E-state index contributed by atoms with van der Waals surface area (Å²) in [5.41, 5.74) is 0. The van der Waals surface area contributed by atoms with Gasteiger partial charge in [-0.1, -0.05) is 13.8 Å². The first-order chi connectivity index (χ1) is 8.62. The zero-order valence-electron chi connectivity index (χ0n) is 11.0. The Hall–Kier alpha value is -0.240. The molecular formula is C12H22O6. The van der Waals surface area contributed by atoms with Gasteiger partial charge in [-0.25, -0.2) is 0 Å². The highest BCUT2D eigenvalue weighted by molar-refractivity contribution is 4.95. The van der Waals surface area contributed by atoms with Crippen LogP contribution < -0.4 is 0 Å². The summed E-state index contributed by atoms with van der Waals surface area (Å²) < 4.78 is 22.0. The van der Waals surface area contributed by atoms with Gasteiger partial charge in [0.2, 0.25) is 0 Å². The molecule has 0 aromatic carbocycles. The van der Waals surface area contributed by atoms with Crippen LogP contribution >= 0.6 is 0 Å². The normalized spacial score (nSPS) is 45.8. The van der Waals surface area contributed by atoms with Gasteiger partial charge < -0.3 is 29.2 Å². The molecule has 0 radical (unpaired) electrons. The van der Waals surface area contributed by atoms with Gasteiger partial charge in [-0.15, -0.1) is 0 Å². The maximum Gasteiger partial charge on any atom is 0.186 e. The summed E-state index contributed by atoms with van der Waals surface area (Å²) in [6, 6.07) is 0. The van der Waals surface area contributed by atoms with Crippen LogP contribution in [0.4, 0.5) is 0 Å². The highest BCUT2D eigenvalue weighted by Crippen LogP contribution is 2.35. The molecular weight excluding hydrogens is 240 g/mol. The Morgan fingerprint density at radius 3 is 2.50 bits per heavy atom. The Labute approximate surface area is 107 Å². The quantitative estimate of drug-likeness (QED) is 0.735. The van der Waals surface area contributed by atoms with E-state index in [-0.39, 0.29) is 12.5 Å². The predicted octanol–water partition coefficient (Wildman–Crippen LogP) is -0.133. The molecule has 0 aromatic rings. The van der Waals surface area contributed by atoms with Crippen LogP contribution in [0.25, 0.3) is 0 Å². The van der Waals surface area contributed by atoms with Crippen molar-refractivity contribution >= 4 is 0 Å². The van der Waals surface area contributed by atoms with E-state index < -0.39 is 37.0 Å². The number of hydrogen-bond acceptors (Lipinski definition) is 6. The molecule has 106 valence electrons. The summed E-state index contributed by atoms with van der Waals surface area (Å²) in [4.78, 5) is 0. The van der Waals surface area contributed by atoms with Crippen LogP contribution in [0, 0.1) is 5.92 Å². The van der Waals surface area contributed by atoms with Gasteiger partial charge in [0.15, 0.2) is 12.6 Å². The maximum atomic E-state index is 10.1. The van der Waals surface area contributed by atoms with Crippen molar-refractivity contribution in [2.24, 2.45) is 5.92 Å². The zero-order valence-corrected chi connectivity index (χ0v) is 11.0. The lowest BCUT2D eigenvalue weighted by atomic mass is 10.0. The van der Waals surface area contributed by atoms with Gasteiger partial charge >= 0.3 is 0 Å². The number of hydrogen-bond donors (Lipinski definition) is 2. The van der Waals surface area contributed by atoms with E-state index in [1.807, 2.05) is 13.8 Å². The second-order valence-electron chi connectivity index (χ2n) is 4.91. The number of aliphatic hydroxyl groups is 2. The van der Waals surface area contributed by atoms with E-state index in [2.05, 4.69) is 0 Å². The fourth-order valence-electron chi connectivity index (χ4n) is 2.36. The summed E-state index contributed by atoms with van der Waals surface area (Å²) in [6.45, 7) is 3.88. The molecule has 0 bridgehead atoms. The molecule has 0 saturated carbocycles. The van der Waals surface area contributed by atoms with Gasteiger partial charge in [-0.2, -0.15) is 0 Å². The molecule has 0 aromatic heterocycles. The van der Waals surface area contributed by atoms with Gasteiger partial charge in [0, 0.05) is 13.0 Å². The van der Waals surface area contributed by atoms with Gasteiger partial charge in [0.1, 0.15) is 24.4 Å². The monoisotopic (exact) mass is 262 g/mol. The molecule has 2 aliphatic heterocycles. The Bertz CT molecular complexity index is 273. The highest BCUT2D eigenvalue weighted by Gasteiger charge is 2.53. The van der Waals surface area contributed by atoms with Gasteiger partial charge in [-0.3, -0.25) is 0 Å². The van der Waals surface area contributed by atoms with Crippen molar-refractivity contribution in [3.63, 3.8) is 0 Å². The van der Waals surface area contributed by atoms with E-state index in [0.717, 1.165) is 6.42 Å². The minimum atomic E-state index is -0.857. The Balaban J connectivity index is 2.11. The molecule has 2 rings (SSSR count). The minimum Gasteiger partial charge on any atom is -0.394 e. The smallest absolute Gasteiger partial charge is 0.186 e. The number of ether oxygens (including phenoxy) is 4. The summed E-state index contributed by atoms with van der Waals surface area (Å²) in [7, 11) is 1.46. The average Bonchev–Trinajstić information content (AvgIpc) is 2.73. The van der Waals surface area contributed by atoms with Gasteiger partial charge in [-0.05, 0) is 6.42 Å².